The number of carbonyl (C=O) groups is 1. The number of likely N-dealkylation sites (tertiary alicyclic amines) is 1. The number of hydrogen-bond acceptors (Lipinski definition) is 3. The molecule has 0 bridgehead atoms. The van der Waals surface area contributed by atoms with Crippen molar-refractivity contribution in [2.45, 2.75) is 45.4 Å². The molecule has 2 N–H and O–H groups in total. The van der Waals surface area contributed by atoms with Crippen molar-refractivity contribution >= 4 is 5.91 Å². The maximum Gasteiger partial charge on any atom is 0.240 e. The van der Waals surface area contributed by atoms with Gasteiger partial charge in [0.15, 0.2) is 0 Å². The summed E-state index contributed by atoms with van der Waals surface area (Å²) < 4.78 is 0. The zero-order chi connectivity index (χ0) is 14.4. The van der Waals surface area contributed by atoms with Gasteiger partial charge in [0.25, 0.3) is 0 Å². The van der Waals surface area contributed by atoms with Gasteiger partial charge in [-0.3, -0.25) is 9.69 Å². The van der Waals surface area contributed by atoms with E-state index in [1.807, 2.05) is 4.90 Å². The molecule has 1 saturated heterocycles. The van der Waals surface area contributed by atoms with Crippen molar-refractivity contribution in [1.29, 1.82) is 0 Å². The largest absolute Gasteiger partial charge is 0.330 e. The van der Waals surface area contributed by atoms with E-state index in [0.717, 1.165) is 39.0 Å². The molecule has 20 heavy (non-hydrogen) atoms. The second-order valence-corrected chi connectivity index (χ2v) is 6.06. The highest BCUT2D eigenvalue weighted by atomic mass is 16.2. The Kier molecular flexibility index (Phi) is 6.05. The highest BCUT2D eigenvalue weighted by Crippen LogP contribution is 2.22. The summed E-state index contributed by atoms with van der Waals surface area (Å²) in [4.78, 5) is 16.8. The molecule has 4 heteroatoms. The fourth-order valence-corrected chi connectivity index (χ4v) is 3.37. The van der Waals surface area contributed by atoms with Crippen molar-refractivity contribution in [3.63, 3.8) is 0 Å². The monoisotopic (exact) mass is 279 g/mol. The zero-order valence-electron chi connectivity index (χ0n) is 12.8. The van der Waals surface area contributed by atoms with Crippen LogP contribution in [0.4, 0.5) is 0 Å². The van der Waals surface area contributed by atoms with Gasteiger partial charge in [0.05, 0.1) is 6.54 Å². The molecule has 1 fully saturated rings. The summed E-state index contributed by atoms with van der Waals surface area (Å²) in [6.07, 6.45) is 9.30. The van der Waals surface area contributed by atoms with Gasteiger partial charge in [0, 0.05) is 18.8 Å². The third-order valence-electron chi connectivity index (χ3n) is 4.53. The second kappa shape index (κ2) is 7.79. The number of rotatable bonds is 5. The molecular formula is C16H29N3O. The third kappa shape index (κ3) is 4.06. The Morgan fingerprint density at radius 3 is 2.95 bits per heavy atom. The van der Waals surface area contributed by atoms with Crippen molar-refractivity contribution in [1.82, 2.24) is 9.80 Å². The van der Waals surface area contributed by atoms with Gasteiger partial charge < -0.3 is 10.6 Å². The van der Waals surface area contributed by atoms with E-state index in [9.17, 15) is 4.79 Å². The SMILES string of the molecule is CCN(C(=O)CN1CCCC(CN)C1)C1=CCCCC1. The van der Waals surface area contributed by atoms with Gasteiger partial charge in [0.1, 0.15) is 0 Å². The molecule has 114 valence electrons. The first-order valence-corrected chi connectivity index (χ1v) is 8.16. The first-order valence-electron chi connectivity index (χ1n) is 8.16. The van der Waals surface area contributed by atoms with Gasteiger partial charge in [-0.05, 0) is 64.5 Å². The number of carbonyl (C=O) groups excluding carboxylic acids is 1. The first kappa shape index (κ1) is 15.5. The summed E-state index contributed by atoms with van der Waals surface area (Å²) in [6, 6.07) is 0. The van der Waals surface area contributed by atoms with Crippen LogP contribution < -0.4 is 5.73 Å². The molecule has 1 amide bonds. The lowest BCUT2D eigenvalue weighted by molar-refractivity contribution is -0.131. The minimum Gasteiger partial charge on any atom is -0.330 e. The van der Waals surface area contributed by atoms with E-state index >= 15 is 0 Å². The maximum absolute atomic E-state index is 12.5. The van der Waals surface area contributed by atoms with Gasteiger partial charge in [0.2, 0.25) is 5.91 Å². The van der Waals surface area contributed by atoms with E-state index in [-0.39, 0.29) is 5.91 Å². The van der Waals surface area contributed by atoms with E-state index < -0.39 is 0 Å². The van der Waals surface area contributed by atoms with Crippen LogP contribution in [-0.2, 0) is 4.79 Å². The summed E-state index contributed by atoms with van der Waals surface area (Å²) in [5.41, 5.74) is 7.01. The van der Waals surface area contributed by atoms with E-state index in [2.05, 4.69) is 17.9 Å². The van der Waals surface area contributed by atoms with Crippen LogP contribution in [0, 0.1) is 5.92 Å². The molecule has 1 heterocycles. The number of amides is 1. The van der Waals surface area contributed by atoms with Crippen LogP contribution in [0.25, 0.3) is 0 Å². The molecule has 1 aliphatic heterocycles. The van der Waals surface area contributed by atoms with E-state index in [0.29, 0.717) is 12.5 Å². The average Bonchev–Trinajstić information content (AvgIpc) is 2.49. The Balaban J connectivity index is 1.90. The summed E-state index contributed by atoms with van der Waals surface area (Å²) in [7, 11) is 0. The molecule has 2 aliphatic rings. The predicted octanol–water partition coefficient (Wildman–Crippen LogP) is 1.96. The van der Waals surface area contributed by atoms with Gasteiger partial charge in [-0.15, -0.1) is 0 Å². The van der Waals surface area contributed by atoms with Crippen LogP contribution in [0.5, 0.6) is 0 Å². The Bertz CT molecular complexity index is 354. The number of allylic oxidation sites excluding steroid dienone is 2. The van der Waals surface area contributed by atoms with Crippen molar-refractivity contribution in [3.05, 3.63) is 11.8 Å². The lowest BCUT2D eigenvalue weighted by Gasteiger charge is -2.34. The molecular weight excluding hydrogens is 250 g/mol. The molecule has 0 aromatic carbocycles. The highest BCUT2D eigenvalue weighted by Gasteiger charge is 2.24. The van der Waals surface area contributed by atoms with Crippen LogP contribution in [-0.4, -0.2) is 48.4 Å². The van der Waals surface area contributed by atoms with Gasteiger partial charge >= 0.3 is 0 Å². The number of piperidine rings is 1. The summed E-state index contributed by atoms with van der Waals surface area (Å²) >= 11 is 0. The Morgan fingerprint density at radius 1 is 1.45 bits per heavy atom. The molecule has 4 nitrogen and oxygen atoms in total. The predicted molar refractivity (Wildman–Crippen MR) is 82.2 cm³/mol. The summed E-state index contributed by atoms with van der Waals surface area (Å²) in [5.74, 6) is 0.832. The Hall–Kier alpha value is -0.870. The van der Waals surface area contributed by atoms with Crippen LogP contribution in [0.1, 0.15) is 45.4 Å². The van der Waals surface area contributed by atoms with E-state index in [4.69, 9.17) is 5.73 Å². The molecule has 2 rings (SSSR count). The molecule has 0 spiro atoms. The van der Waals surface area contributed by atoms with Crippen LogP contribution >= 0.6 is 0 Å². The number of likely N-dealkylation sites (N-methyl/N-ethyl adjacent to an activating group) is 1. The molecule has 1 atom stereocenters. The van der Waals surface area contributed by atoms with E-state index in [1.54, 1.807) is 0 Å². The third-order valence-corrected chi connectivity index (χ3v) is 4.53. The Morgan fingerprint density at radius 2 is 2.30 bits per heavy atom. The fraction of sp³-hybridized carbons (Fsp3) is 0.812. The molecule has 1 aliphatic carbocycles. The van der Waals surface area contributed by atoms with Gasteiger partial charge in [-0.2, -0.15) is 0 Å². The molecule has 1 unspecified atom stereocenters. The highest BCUT2D eigenvalue weighted by molar-refractivity contribution is 5.80. The second-order valence-electron chi connectivity index (χ2n) is 6.06. The summed E-state index contributed by atoms with van der Waals surface area (Å²) in [5, 5.41) is 0. The van der Waals surface area contributed by atoms with Crippen LogP contribution in [0.15, 0.2) is 11.8 Å². The molecule has 0 saturated carbocycles. The summed E-state index contributed by atoms with van der Waals surface area (Å²) in [6.45, 7) is 6.19. The van der Waals surface area contributed by atoms with Crippen molar-refractivity contribution in [2.75, 3.05) is 32.7 Å². The Labute approximate surface area is 123 Å². The molecule has 0 aromatic rings. The first-order chi connectivity index (χ1) is 9.74. The lowest BCUT2D eigenvalue weighted by atomic mass is 9.98. The van der Waals surface area contributed by atoms with Crippen molar-refractivity contribution < 1.29 is 4.79 Å². The van der Waals surface area contributed by atoms with Crippen molar-refractivity contribution in [3.8, 4) is 0 Å². The fourth-order valence-electron chi connectivity index (χ4n) is 3.37. The van der Waals surface area contributed by atoms with Gasteiger partial charge in [-0.25, -0.2) is 0 Å². The smallest absolute Gasteiger partial charge is 0.240 e. The standard InChI is InChI=1S/C16H29N3O/c1-2-19(15-8-4-3-5-9-15)16(20)13-18-10-6-7-14(11-17)12-18/h8,14H,2-7,9-13,17H2,1H3. The lowest BCUT2D eigenvalue weighted by Crippen LogP contribution is -2.45. The van der Waals surface area contributed by atoms with Gasteiger partial charge in [-0.1, -0.05) is 6.08 Å². The maximum atomic E-state index is 12.5. The normalized spacial score (nSPS) is 24.3. The average molecular weight is 279 g/mol. The molecule has 0 aromatic heterocycles. The zero-order valence-corrected chi connectivity index (χ0v) is 12.8. The quantitative estimate of drug-likeness (QED) is 0.837. The van der Waals surface area contributed by atoms with Crippen LogP contribution in [0.2, 0.25) is 0 Å². The number of nitrogens with zero attached hydrogens (tertiary/aromatic N) is 2. The van der Waals surface area contributed by atoms with E-state index in [1.165, 1.54) is 31.4 Å². The minimum atomic E-state index is 0.262. The van der Waals surface area contributed by atoms with Crippen molar-refractivity contribution in [2.24, 2.45) is 11.7 Å². The number of hydrogen-bond donors (Lipinski definition) is 1. The molecule has 0 radical (unpaired) electrons. The minimum absolute atomic E-state index is 0.262. The topological polar surface area (TPSA) is 49.6 Å². The van der Waals surface area contributed by atoms with Crippen LogP contribution in [0.3, 0.4) is 0 Å². The number of nitrogens with two attached hydrogens (primary N) is 1.